The van der Waals surface area contributed by atoms with Crippen LogP contribution < -0.4 is 4.74 Å². The molecule has 1 unspecified atom stereocenters. The van der Waals surface area contributed by atoms with Crippen molar-refractivity contribution in [1.29, 1.82) is 0 Å². The van der Waals surface area contributed by atoms with Gasteiger partial charge in [0.05, 0.1) is 19.8 Å². The molecule has 4 heteroatoms. The SMILES string of the molecule is COc1cc(C)c(-c2nccn2C2CCCOC2)cc1C(C)C. The molecule has 2 heterocycles. The summed E-state index contributed by atoms with van der Waals surface area (Å²) in [5.41, 5.74) is 3.60. The van der Waals surface area contributed by atoms with Crippen LogP contribution in [0.2, 0.25) is 0 Å². The van der Waals surface area contributed by atoms with Gasteiger partial charge in [-0.25, -0.2) is 4.98 Å². The molecule has 0 radical (unpaired) electrons. The summed E-state index contributed by atoms with van der Waals surface area (Å²) in [6.07, 6.45) is 6.23. The number of methoxy groups -OCH3 is 1. The third-order valence-corrected chi connectivity index (χ3v) is 4.64. The van der Waals surface area contributed by atoms with Crippen LogP contribution >= 0.6 is 0 Å². The van der Waals surface area contributed by atoms with Crippen molar-refractivity contribution in [2.24, 2.45) is 0 Å². The molecular weight excluding hydrogens is 288 g/mol. The van der Waals surface area contributed by atoms with E-state index in [1.54, 1.807) is 7.11 Å². The molecule has 1 atom stereocenters. The molecule has 0 amide bonds. The number of nitrogens with zero attached hydrogens (tertiary/aromatic N) is 2. The summed E-state index contributed by atoms with van der Waals surface area (Å²) >= 11 is 0. The highest BCUT2D eigenvalue weighted by Gasteiger charge is 2.21. The smallest absolute Gasteiger partial charge is 0.140 e. The van der Waals surface area contributed by atoms with E-state index in [2.05, 4.69) is 48.7 Å². The number of aromatic nitrogens is 2. The molecule has 1 saturated heterocycles. The number of rotatable bonds is 4. The van der Waals surface area contributed by atoms with Crippen molar-refractivity contribution in [2.45, 2.75) is 45.6 Å². The normalized spacial score (nSPS) is 18.4. The lowest BCUT2D eigenvalue weighted by Crippen LogP contribution is -2.21. The fourth-order valence-corrected chi connectivity index (χ4v) is 3.33. The first-order valence-electron chi connectivity index (χ1n) is 8.41. The summed E-state index contributed by atoms with van der Waals surface area (Å²) < 4.78 is 13.5. The zero-order valence-electron chi connectivity index (χ0n) is 14.5. The molecule has 0 aliphatic carbocycles. The fraction of sp³-hybridized carbons (Fsp3) is 0.526. The van der Waals surface area contributed by atoms with Gasteiger partial charge in [-0.2, -0.15) is 0 Å². The lowest BCUT2D eigenvalue weighted by atomic mass is 9.96. The van der Waals surface area contributed by atoms with E-state index in [1.165, 1.54) is 16.7 Å². The van der Waals surface area contributed by atoms with E-state index in [0.717, 1.165) is 37.6 Å². The number of hydrogen-bond donors (Lipinski definition) is 0. The molecule has 0 N–H and O–H groups in total. The van der Waals surface area contributed by atoms with Gasteiger partial charge < -0.3 is 14.0 Å². The van der Waals surface area contributed by atoms with E-state index in [0.29, 0.717) is 12.0 Å². The van der Waals surface area contributed by atoms with Crippen LogP contribution in [0.15, 0.2) is 24.5 Å². The third-order valence-electron chi connectivity index (χ3n) is 4.64. The van der Waals surface area contributed by atoms with Crippen molar-refractivity contribution < 1.29 is 9.47 Å². The molecule has 124 valence electrons. The minimum absolute atomic E-state index is 0.380. The molecule has 23 heavy (non-hydrogen) atoms. The number of aryl methyl sites for hydroxylation is 1. The van der Waals surface area contributed by atoms with Crippen LogP contribution in [0.5, 0.6) is 5.75 Å². The Balaban J connectivity index is 2.05. The van der Waals surface area contributed by atoms with E-state index in [9.17, 15) is 0 Å². The Labute approximate surface area is 138 Å². The van der Waals surface area contributed by atoms with Crippen molar-refractivity contribution in [2.75, 3.05) is 20.3 Å². The second-order valence-electron chi connectivity index (χ2n) is 6.59. The average molecular weight is 314 g/mol. The second-order valence-corrected chi connectivity index (χ2v) is 6.59. The van der Waals surface area contributed by atoms with Crippen LogP contribution in [0.1, 0.15) is 49.8 Å². The van der Waals surface area contributed by atoms with Gasteiger partial charge in [-0.15, -0.1) is 0 Å². The van der Waals surface area contributed by atoms with Crippen LogP contribution in [0.4, 0.5) is 0 Å². The summed E-state index contributed by atoms with van der Waals surface area (Å²) in [5.74, 6) is 2.40. The standard InChI is InChI=1S/C19H26N2O2/c1-13(2)16-11-17(14(3)10-18(16)22-4)19-20-7-8-21(19)15-6-5-9-23-12-15/h7-8,10-11,13,15H,5-6,9,12H2,1-4H3. The summed E-state index contributed by atoms with van der Waals surface area (Å²) in [7, 11) is 1.74. The van der Waals surface area contributed by atoms with Gasteiger partial charge in [-0.05, 0) is 48.9 Å². The fourth-order valence-electron chi connectivity index (χ4n) is 3.33. The van der Waals surface area contributed by atoms with Gasteiger partial charge >= 0.3 is 0 Å². The quantitative estimate of drug-likeness (QED) is 0.842. The topological polar surface area (TPSA) is 36.3 Å². The summed E-state index contributed by atoms with van der Waals surface area (Å²) in [4.78, 5) is 4.64. The molecule has 0 bridgehead atoms. The van der Waals surface area contributed by atoms with E-state index in [4.69, 9.17) is 9.47 Å². The molecule has 4 nitrogen and oxygen atoms in total. The Morgan fingerprint density at radius 3 is 2.83 bits per heavy atom. The molecule has 1 aliphatic heterocycles. The maximum atomic E-state index is 5.66. The first-order valence-corrected chi connectivity index (χ1v) is 8.41. The Kier molecular flexibility index (Phi) is 4.71. The molecule has 1 aromatic heterocycles. The highest BCUT2D eigenvalue weighted by molar-refractivity contribution is 5.65. The van der Waals surface area contributed by atoms with Gasteiger partial charge in [0.2, 0.25) is 0 Å². The van der Waals surface area contributed by atoms with Gasteiger partial charge in [0.25, 0.3) is 0 Å². The zero-order chi connectivity index (χ0) is 16.4. The molecule has 1 aliphatic rings. The second kappa shape index (κ2) is 6.75. The first-order chi connectivity index (χ1) is 11.1. The van der Waals surface area contributed by atoms with Crippen LogP contribution in [-0.2, 0) is 4.74 Å². The maximum absolute atomic E-state index is 5.66. The Hall–Kier alpha value is -1.81. The van der Waals surface area contributed by atoms with E-state index >= 15 is 0 Å². The zero-order valence-corrected chi connectivity index (χ0v) is 14.5. The highest BCUT2D eigenvalue weighted by atomic mass is 16.5. The van der Waals surface area contributed by atoms with E-state index < -0.39 is 0 Å². The van der Waals surface area contributed by atoms with Crippen LogP contribution in [0, 0.1) is 6.92 Å². The predicted octanol–water partition coefficient (Wildman–Crippen LogP) is 4.34. The van der Waals surface area contributed by atoms with Crippen molar-refractivity contribution in [3.05, 3.63) is 35.7 Å². The number of imidazole rings is 1. The molecule has 1 aromatic carbocycles. The third kappa shape index (κ3) is 3.13. The molecule has 1 fully saturated rings. The largest absolute Gasteiger partial charge is 0.496 e. The van der Waals surface area contributed by atoms with Crippen molar-refractivity contribution >= 4 is 0 Å². The predicted molar refractivity (Wildman–Crippen MR) is 92.1 cm³/mol. The molecule has 0 saturated carbocycles. The number of hydrogen-bond acceptors (Lipinski definition) is 3. The number of benzene rings is 1. The minimum atomic E-state index is 0.380. The average Bonchev–Trinajstić information content (AvgIpc) is 3.04. The van der Waals surface area contributed by atoms with Crippen LogP contribution in [0.3, 0.4) is 0 Å². The maximum Gasteiger partial charge on any atom is 0.140 e. The van der Waals surface area contributed by atoms with E-state index in [-0.39, 0.29) is 0 Å². The monoisotopic (exact) mass is 314 g/mol. The summed E-state index contributed by atoms with van der Waals surface area (Å²) in [5, 5.41) is 0. The Morgan fingerprint density at radius 1 is 1.35 bits per heavy atom. The van der Waals surface area contributed by atoms with Crippen LogP contribution in [-0.4, -0.2) is 29.9 Å². The lowest BCUT2D eigenvalue weighted by Gasteiger charge is -2.25. The Bertz CT molecular complexity index is 670. The van der Waals surface area contributed by atoms with Crippen LogP contribution in [0.25, 0.3) is 11.4 Å². The Morgan fingerprint density at radius 2 is 2.17 bits per heavy atom. The van der Waals surface area contributed by atoms with E-state index in [1.807, 2.05) is 6.20 Å². The minimum Gasteiger partial charge on any atom is -0.496 e. The summed E-state index contributed by atoms with van der Waals surface area (Å²) in [6.45, 7) is 8.16. The van der Waals surface area contributed by atoms with Crippen molar-refractivity contribution in [3.63, 3.8) is 0 Å². The van der Waals surface area contributed by atoms with Gasteiger partial charge in [-0.1, -0.05) is 13.8 Å². The molecule has 2 aromatic rings. The molecule has 3 rings (SSSR count). The van der Waals surface area contributed by atoms with Crippen molar-refractivity contribution in [3.8, 4) is 17.1 Å². The van der Waals surface area contributed by atoms with Gasteiger partial charge in [0.1, 0.15) is 11.6 Å². The van der Waals surface area contributed by atoms with Crippen molar-refractivity contribution in [1.82, 2.24) is 9.55 Å². The lowest BCUT2D eigenvalue weighted by molar-refractivity contribution is 0.0597. The van der Waals surface area contributed by atoms with Gasteiger partial charge in [0.15, 0.2) is 0 Å². The molecular formula is C19H26N2O2. The molecule has 0 spiro atoms. The number of ether oxygens (including phenoxy) is 2. The first kappa shape index (κ1) is 16.1. The van der Waals surface area contributed by atoms with Gasteiger partial charge in [0, 0.05) is 24.6 Å². The summed E-state index contributed by atoms with van der Waals surface area (Å²) in [6, 6.07) is 4.74. The van der Waals surface area contributed by atoms with Gasteiger partial charge in [-0.3, -0.25) is 0 Å². The highest BCUT2D eigenvalue weighted by Crippen LogP contribution is 2.35.